The highest BCUT2D eigenvalue weighted by atomic mass is 32.1. The van der Waals surface area contributed by atoms with Crippen molar-refractivity contribution in [3.63, 3.8) is 0 Å². The molecule has 14 heavy (non-hydrogen) atoms. The van der Waals surface area contributed by atoms with Crippen molar-refractivity contribution in [2.75, 3.05) is 20.1 Å². The zero-order chi connectivity index (χ0) is 9.97. The molecule has 0 aliphatic carbocycles. The molecule has 0 amide bonds. The number of aromatic nitrogens is 1. The number of likely N-dealkylation sites (tertiary alicyclic amines) is 1. The highest BCUT2D eigenvalue weighted by molar-refractivity contribution is 7.07. The van der Waals surface area contributed by atoms with Gasteiger partial charge in [0.25, 0.3) is 0 Å². The van der Waals surface area contributed by atoms with Crippen molar-refractivity contribution in [1.82, 2.24) is 15.2 Å². The fourth-order valence-corrected chi connectivity index (χ4v) is 2.59. The number of hydrogen-bond acceptors (Lipinski definition) is 4. The van der Waals surface area contributed by atoms with Crippen LogP contribution in [0.1, 0.15) is 25.1 Å². The van der Waals surface area contributed by atoms with Gasteiger partial charge in [0.2, 0.25) is 0 Å². The Balaban J connectivity index is 1.86. The van der Waals surface area contributed by atoms with Gasteiger partial charge in [0.05, 0.1) is 11.2 Å². The van der Waals surface area contributed by atoms with E-state index in [2.05, 4.69) is 34.6 Å². The molecule has 1 aromatic rings. The molecule has 1 aromatic heterocycles. The summed E-state index contributed by atoms with van der Waals surface area (Å²) in [4.78, 5) is 6.69. The van der Waals surface area contributed by atoms with Crippen LogP contribution in [0.3, 0.4) is 0 Å². The first-order valence-corrected chi connectivity index (χ1v) is 6.02. The molecule has 0 saturated carbocycles. The summed E-state index contributed by atoms with van der Waals surface area (Å²) in [5.74, 6) is 0. The lowest BCUT2D eigenvalue weighted by molar-refractivity contribution is 0.386. The molecule has 3 nitrogen and oxygen atoms in total. The summed E-state index contributed by atoms with van der Waals surface area (Å²) in [6, 6.07) is 1.02. The van der Waals surface area contributed by atoms with E-state index in [9.17, 15) is 0 Å². The van der Waals surface area contributed by atoms with E-state index in [0.29, 0.717) is 12.1 Å². The summed E-state index contributed by atoms with van der Waals surface area (Å²) >= 11 is 1.66. The summed E-state index contributed by atoms with van der Waals surface area (Å²) in [6.07, 6.45) is 1.25. The first-order chi connectivity index (χ1) is 6.75. The van der Waals surface area contributed by atoms with Gasteiger partial charge >= 0.3 is 0 Å². The van der Waals surface area contributed by atoms with Crippen molar-refractivity contribution in [3.8, 4) is 0 Å². The molecule has 2 unspecified atom stereocenters. The normalized spacial score (nSPS) is 25.4. The van der Waals surface area contributed by atoms with Crippen LogP contribution in [-0.4, -0.2) is 36.1 Å². The number of rotatable bonds is 3. The van der Waals surface area contributed by atoms with Crippen LogP contribution in [0.15, 0.2) is 10.9 Å². The third-order valence-electron chi connectivity index (χ3n) is 2.77. The maximum atomic E-state index is 4.32. The molecule has 1 saturated heterocycles. The Bertz CT molecular complexity index is 273. The molecule has 0 spiro atoms. The zero-order valence-electron chi connectivity index (χ0n) is 8.73. The van der Waals surface area contributed by atoms with Crippen molar-refractivity contribution in [1.29, 1.82) is 0 Å². The van der Waals surface area contributed by atoms with Gasteiger partial charge in [-0.2, -0.15) is 0 Å². The summed E-state index contributed by atoms with van der Waals surface area (Å²) in [5.41, 5.74) is 3.07. The maximum absolute atomic E-state index is 4.32. The zero-order valence-corrected chi connectivity index (χ0v) is 9.55. The number of likely N-dealkylation sites (N-methyl/N-ethyl adjacent to an activating group) is 1. The van der Waals surface area contributed by atoms with Crippen molar-refractivity contribution in [2.24, 2.45) is 0 Å². The molecule has 2 heterocycles. The van der Waals surface area contributed by atoms with Crippen LogP contribution in [0.5, 0.6) is 0 Å². The summed E-state index contributed by atoms with van der Waals surface area (Å²) in [6.45, 7) is 4.56. The molecule has 0 bridgehead atoms. The van der Waals surface area contributed by atoms with Gasteiger partial charge in [-0.1, -0.05) is 0 Å². The second-order valence-electron chi connectivity index (χ2n) is 4.05. The van der Waals surface area contributed by atoms with Gasteiger partial charge in [-0.25, -0.2) is 4.98 Å². The van der Waals surface area contributed by atoms with Gasteiger partial charge < -0.3 is 10.2 Å². The summed E-state index contributed by atoms with van der Waals surface area (Å²) < 4.78 is 0. The quantitative estimate of drug-likeness (QED) is 0.821. The molecule has 78 valence electrons. The van der Waals surface area contributed by atoms with E-state index in [1.165, 1.54) is 18.7 Å². The lowest BCUT2D eigenvalue weighted by Gasteiger charge is -2.17. The number of nitrogens with one attached hydrogen (secondary N) is 1. The molecule has 0 aromatic carbocycles. The van der Waals surface area contributed by atoms with E-state index >= 15 is 0 Å². The van der Waals surface area contributed by atoms with Crippen molar-refractivity contribution < 1.29 is 0 Å². The van der Waals surface area contributed by atoms with E-state index in [1.54, 1.807) is 11.3 Å². The number of nitrogens with zero attached hydrogens (tertiary/aromatic N) is 2. The Morgan fingerprint density at radius 3 is 3.14 bits per heavy atom. The van der Waals surface area contributed by atoms with Gasteiger partial charge in [-0.05, 0) is 26.9 Å². The average molecular weight is 211 g/mol. The Labute approximate surface area is 89.1 Å². The van der Waals surface area contributed by atoms with Gasteiger partial charge in [-0.15, -0.1) is 11.3 Å². The monoisotopic (exact) mass is 211 g/mol. The summed E-state index contributed by atoms with van der Waals surface area (Å²) in [7, 11) is 2.18. The molecule has 2 rings (SSSR count). The lowest BCUT2D eigenvalue weighted by Crippen LogP contribution is -2.33. The topological polar surface area (TPSA) is 28.2 Å². The first-order valence-electron chi connectivity index (χ1n) is 5.08. The molecule has 1 fully saturated rings. The van der Waals surface area contributed by atoms with Crippen LogP contribution < -0.4 is 5.32 Å². The van der Waals surface area contributed by atoms with Gasteiger partial charge in [-0.3, -0.25) is 0 Å². The van der Waals surface area contributed by atoms with Crippen LogP contribution in [0, 0.1) is 0 Å². The van der Waals surface area contributed by atoms with Crippen LogP contribution in [0.25, 0.3) is 0 Å². The van der Waals surface area contributed by atoms with E-state index < -0.39 is 0 Å². The Morgan fingerprint density at radius 2 is 2.57 bits per heavy atom. The minimum Gasteiger partial charge on any atom is -0.305 e. The molecule has 1 aliphatic heterocycles. The van der Waals surface area contributed by atoms with Crippen molar-refractivity contribution in [2.45, 2.75) is 25.4 Å². The van der Waals surface area contributed by atoms with E-state index in [4.69, 9.17) is 0 Å². The standard InChI is InChI=1S/C10H17N3S/c1-8(10-6-14-7-11-10)12-9-3-4-13(2)5-9/h6-9,12H,3-5H2,1-2H3. The molecular formula is C10H17N3S. The van der Waals surface area contributed by atoms with Crippen molar-refractivity contribution >= 4 is 11.3 Å². The minimum absolute atomic E-state index is 0.387. The van der Waals surface area contributed by atoms with Crippen LogP contribution in [0.2, 0.25) is 0 Å². The minimum atomic E-state index is 0.387. The lowest BCUT2D eigenvalue weighted by atomic mass is 10.2. The third-order valence-corrected chi connectivity index (χ3v) is 3.38. The number of hydrogen-bond donors (Lipinski definition) is 1. The Kier molecular flexibility index (Phi) is 3.15. The Hall–Kier alpha value is -0.450. The predicted octanol–water partition coefficient (Wildman–Crippen LogP) is 1.50. The molecule has 2 atom stereocenters. The number of thiazole rings is 1. The highest BCUT2D eigenvalue weighted by Gasteiger charge is 2.21. The fraction of sp³-hybridized carbons (Fsp3) is 0.700. The third kappa shape index (κ3) is 2.32. The molecule has 1 aliphatic rings. The van der Waals surface area contributed by atoms with Gasteiger partial charge in [0.15, 0.2) is 0 Å². The van der Waals surface area contributed by atoms with Crippen molar-refractivity contribution in [3.05, 3.63) is 16.6 Å². The fourth-order valence-electron chi connectivity index (χ4n) is 1.95. The second kappa shape index (κ2) is 4.38. The van der Waals surface area contributed by atoms with Crippen LogP contribution >= 0.6 is 11.3 Å². The maximum Gasteiger partial charge on any atom is 0.0795 e. The average Bonchev–Trinajstić information content (AvgIpc) is 2.75. The van der Waals surface area contributed by atoms with Crippen LogP contribution in [-0.2, 0) is 0 Å². The first kappa shape index (κ1) is 10.1. The SMILES string of the molecule is CC(NC1CCN(C)C1)c1cscn1. The molecule has 1 N–H and O–H groups in total. The van der Waals surface area contributed by atoms with Gasteiger partial charge in [0, 0.05) is 24.0 Å². The highest BCUT2D eigenvalue weighted by Crippen LogP contribution is 2.15. The van der Waals surface area contributed by atoms with Crippen LogP contribution in [0.4, 0.5) is 0 Å². The second-order valence-corrected chi connectivity index (χ2v) is 4.77. The van der Waals surface area contributed by atoms with E-state index in [0.717, 1.165) is 6.54 Å². The molecule has 0 radical (unpaired) electrons. The largest absolute Gasteiger partial charge is 0.305 e. The van der Waals surface area contributed by atoms with E-state index in [1.807, 2.05) is 5.51 Å². The molecule has 4 heteroatoms. The molecular weight excluding hydrogens is 194 g/mol. The van der Waals surface area contributed by atoms with Gasteiger partial charge in [0.1, 0.15) is 0 Å². The Morgan fingerprint density at radius 1 is 1.71 bits per heavy atom. The predicted molar refractivity (Wildman–Crippen MR) is 59.6 cm³/mol. The smallest absolute Gasteiger partial charge is 0.0795 e. The summed E-state index contributed by atoms with van der Waals surface area (Å²) in [5, 5.41) is 5.74. The van der Waals surface area contributed by atoms with E-state index in [-0.39, 0.29) is 0 Å².